The summed E-state index contributed by atoms with van der Waals surface area (Å²) in [5.74, 6) is -0.258. The van der Waals surface area contributed by atoms with E-state index in [9.17, 15) is 13.5 Å². The van der Waals surface area contributed by atoms with Gasteiger partial charge in [0.25, 0.3) is 10.0 Å². The number of rotatable bonds is 3. The topological polar surface area (TPSA) is 92.4 Å². The smallest absolute Gasteiger partial charge is 0.262 e. The number of para-hydroxylation sites is 1. The van der Waals surface area contributed by atoms with Gasteiger partial charge < -0.3 is 10.8 Å². The fourth-order valence-electron chi connectivity index (χ4n) is 1.41. The van der Waals surface area contributed by atoms with Crippen molar-refractivity contribution in [3.8, 4) is 5.75 Å². The second-order valence-corrected chi connectivity index (χ2v) is 5.37. The standard InChI is InChI=1S/C12H12N2O3S/c13-11-7-6-10(8-12(11)15)18(16,17)14-9-4-2-1-3-5-9/h1-8,14-15H,13H2. The summed E-state index contributed by atoms with van der Waals surface area (Å²) in [6.07, 6.45) is 0. The van der Waals surface area contributed by atoms with Crippen LogP contribution in [-0.4, -0.2) is 13.5 Å². The number of phenols is 1. The molecule has 0 radical (unpaired) electrons. The molecule has 0 heterocycles. The Labute approximate surface area is 105 Å². The maximum Gasteiger partial charge on any atom is 0.262 e. The Bertz CT molecular complexity index is 654. The first-order valence-corrected chi connectivity index (χ1v) is 6.64. The van der Waals surface area contributed by atoms with Gasteiger partial charge in [-0.15, -0.1) is 0 Å². The molecule has 2 aromatic rings. The zero-order valence-electron chi connectivity index (χ0n) is 9.37. The summed E-state index contributed by atoms with van der Waals surface area (Å²) < 4.78 is 26.4. The molecule has 0 aliphatic carbocycles. The predicted molar refractivity (Wildman–Crippen MR) is 69.8 cm³/mol. The highest BCUT2D eigenvalue weighted by Crippen LogP contribution is 2.24. The second kappa shape index (κ2) is 4.58. The van der Waals surface area contributed by atoms with Crippen LogP contribution in [0.4, 0.5) is 11.4 Å². The van der Waals surface area contributed by atoms with Crippen molar-refractivity contribution in [3.63, 3.8) is 0 Å². The highest BCUT2D eigenvalue weighted by Gasteiger charge is 2.15. The summed E-state index contributed by atoms with van der Waals surface area (Å²) in [7, 11) is -3.72. The number of nitrogens with one attached hydrogen (secondary N) is 1. The van der Waals surface area contributed by atoms with Crippen molar-refractivity contribution in [2.45, 2.75) is 4.90 Å². The van der Waals surface area contributed by atoms with Crippen molar-refractivity contribution in [3.05, 3.63) is 48.5 Å². The van der Waals surface area contributed by atoms with Gasteiger partial charge in [-0.3, -0.25) is 4.72 Å². The van der Waals surface area contributed by atoms with Gasteiger partial charge in [0.15, 0.2) is 0 Å². The molecule has 0 fully saturated rings. The molecule has 0 atom stereocenters. The lowest BCUT2D eigenvalue weighted by Gasteiger charge is -2.08. The summed E-state index contributed by atoms with van der Waals surface area (Å²) in [4.78, 5) is -0.0435. The molecule has 2 aromatic carbocycles. The van der Waals surface area contributed by atoms with Crippen LogP contribution in [0.15, 0.2) is 53.4 Å². The van der Waals surface area contributed by atoms with E-state index in [4.69, 9.17) is 5.73 Å². The fourth-order valence-corrected chi connectivity index (χ4v) is 2.49. The maximum atomic E-state index is 12.0. The van der Waals surface area contributed by atoms with Gasteiger partial charge in [0.05, 0.1) is 10.6 Å². The lowest BCUT2D eigenvalue weighted by Crippen LogP contribution is -2.12. The monoisotopic (exact) mass is 264 g/mol. The van der Waals surface area contributed by atoms with E-state index in [0.717, 1.165) is 6.07 Å². The average Bonchev–Trinajstić information content (AvgIpc) is 2.33. The van der Waals surface area contributed by atoms with E-state index in [1.54, 1.807) is 30.3 Å². The lowest BCUT2D eigenvalue weighted by molar-refractivity contribution is 0.476. The number of hydrogen-bond donors (Lipinski definition) is 3. The van der Waals surface area contributed by atoms with Gasteiger partial charge in [0, 0.05) is 11.8 Å². The minimum atomic E-state index is -3.72. The van der Waals surface area contributed by atoms with Crippen LogP contribution >= 0.6 is 0 Å². The minimum Gasteiger partial charge on any atom is -0.506 e. The molecule has 0 aromatic heterocycles. The molecule has 94 valence electrons. The first-order chi connectivity index (χ1) is 8.49. The molecule has 4 N–H and O–H groups in total. The Morgan fingerprint density at radius 1 is 1.06 bits per heavy atom. The molecule has 6 heteroatoms. The van der Waals surface area contributed by atoms with Gasteiger partial charge in [-0.2, -0.15) is 0 Å². The van der Waals surface area contributed by atoms with E-state index in [1.807, 2.05) is 0 Å². The molecule has 0 unspecified atom stereocenters. The summed E-state index contributed by atoms with van der Waals surface area (Å²) in [5.41, 5.74) is 6.00. The molecule has 0 spiro atoms. The van der Waals surface area contributed by atoms with E-state index < -0.39 is 10.0 Å². The van der Waals surface area contributed by atoms with Gasteiger partial charge in [0.1, 0.15) is 5.75 Å². The zero-order chi connectivity index (χ0) is 13.2. The van der Waals surface area contributed by atoms with E-state index in [0.29, 0.717) is 5.69 Å². The molecule has 0 bridgehead atoms. The van der Waals surface area contributed by atoms with Crippen LogP contribution in [0.25, 0.3) is 0 Å². The highest BCUT2D eigenvalue weighted by molar-refractivity contribution is 7.92. The number of hydrogen-bond acceptors (Lipinski definition) is 4. The maximum absolute atomic E-state index is 12.0. The fraction of sp³-hybridized carbons (Fsp3) is 0. The molecule has 2 rings (SSSR count). The van der Waals surface area contributed by atoms with Gasteiger partial charge in [-0.1, -0.05) is 18.2 Å². The molecular weight excluding hydrogens is 252 g/mol. The molecule has 0 saturated heterocycles. The van der Waals surface area contributed by atoms with E-state index >= 15 is 0 Å². The van der Waals surface area contributed by atoms with Crippen LogP contribution in [0.2, 0.25) is 0 Å². The average molecular weight is 264 g/mol. The normalized spacial score (nSPS) is 11.1. The second-order valence-electron chi connectivity index (χ2n) is 3.69. The predicted octanol–water partition coefficient (Wildman–Crippen LogP) is 1.78. The molecule has 0 saturated carbocycles. The van der Waals surface area contributed by atoms with E-state index in [2.05, 4.69) is 4.72 Å². The summed E-state index contributed by atoms with van der Waals surface area (Å²) in [6, 6.07) is 12.3. The first kappa shape index (κ1) is 12.3. The van der Waals surface area contributed by atoms with Crippen LogP contribution in [0.5, 0.6) is 5.75 Å². The van der Waals surface area contributed by atoms with Crippen molar-refractivity contribution >= 4 is 21.4 Å². The van der Waals surface area contributed by atoms with Gasteiger partial charge in [-0.05, 0) is 24.3 Å². The number of sulfonamides is 1. The first-order valence-electron chi connectivity index (χ1n) is 5.15. The van der Waals surface area contributed by atoms with Crippen molar-refractivity contribution < 1.29 is 13.5 Å². The Hall–Kier alpha value is -2.21. The van der Waals surface area contributed by atoms with Crippen molar-refractivity contribution in [1.82, 2.24) is 0 Å². The third kappa shape index (κ3) is 2.54. The summed E-state index contributed by atoms with van der Waals surface area (Å²) >= 11 is 0. The Morgan fingerprint density at radius 3 is 2.33 bits per heavy atom. The SMILES string of the molecule is Nc1ccc(S(=O)(=O)Nc2ccccc2)cc1O. The van der Waals surface area contributed by atoms with Crippen LogP contribution in [0.3, 0.4) is 0 Å². The van der Waals surface area contributed by atoms with Gasteiger partial charge in [0.2, 0.25) is 0 Å². The van der Waals surface area contributed by atoms with Gasteiger partial charge >= 0.3 is 0 Å². The van der Waals surface area contributed by atoms with Crippen molar-refractivity contribution in [1.29, 1.82) is 0 Å². The van der Waals surface area contributed by atoms with E-state index in [-0.39, 0.29) is 16.3 Å². The number of anilines is 2. The molecule has 0 aliphatic heterocycles. The lowest BCUT2D eigenvalue weighted by atomic mass is 10.3. The summed E-state index contributed by atoms with van der Waals surface area (Å²) in [5, 5.41) is 9.41. The van der Waals surface area contributed by atoms with Crippen LogP contribution < -0.4 is 10.5 Å². The van der Waals surface area contributed by atoms with Gasteiger partial charge in [-0.25, -0.2) is 8.42 Å². The summed E-state index contributed by atoms with van der Waals surface area (Å²) in [6.45, 7) is 0. The minimum absolute atomic E-state index is 0.0435. The van der Waals surface area contributed by atoms with Crippen LogP contribution in [0.1, 0.15) is 0 Å². The molecule has 0 aliphatic rings. The number of aromatic hydroxyl groups is 1. The third-order valence-electron chi connectivity index (χ3n) is 2.34. The van der Waals surface area contributed by atoms with E-state index in [1.165, 1.54) is 12.1 Å². The Morgan fingerprint density at radius 2 is 1.72 bits per heavy atom. The zero-order valence-corrected chi connectivity index (χ0v) is 10.2. The Kier molecular flexibility index (Phi) is 3.12. The number of nitrogen functional groups attached to an aromatic ring is 1. The Balaban J connectivity index is 2.34. The molecular formula is C12H12N2O3S. The third-order valence-corrected chi connectivity index (χ3v) is 3.72. The van der Waals surface area contributed by atoms with Crippen LogP contribution in [-0.2, 0) is 10.0 Å². The van der Waals surface area contributed by atoms with Crippen molar-refractivity contribution in [2.75, 3.05) is 10.5 Å². The van der Waals surface area contributed by atoms with Crippen molar-refractivity contribution in [2.24, 2.45) is 0 Å². The quantitative estimate of drug-likeness (QED) is 0.582. The number of benzene rings is 2. The number of nitrogens with two attached hydrogens (primary N) is 1. The molecule has 18 heavy (non-hydrogen) atoms. The van der Waals surface area contributed by atoms with Crippen LogP contribution in [0, 0.1) is 0 Å². The molecule has 5 nitrogen and oxygen atoms in total. The highest BCUT2D eigenvalue weighted by atomic mass is 32.2. The molecule has 0 amide bonds. The largest absolute Gasteiger partial charge is 0.506 e. The number of phenolic OH excluding ortho intramolecular Hbond substituents is 1.